The zero-order valence-corrected chi connectivity index (χ0v) is 15.0. The molecule has 0 bridgehead atoms. The van der Waals surface area contributed by atoms with Crippen LogP contribution in [-0.2, 0) is 13.0 Å². The molecule has 3 aromatic rings. The number of nitrogens with one attached hydrogen (secondary N) is 1. The van der Waals surface area contributed by atoms with Crippen LogP contribution < -0.4 is 19.5 Å². The van der Waals surface area contributed by atoms with E-state index in [-0.39, 0.29) is 0 Å². The van der Waals surface area contributed by atoms with Gasteiger partial charge in [0.1, 0.15) is 12.3 Å². The second-order valence-corrected chi connectivity index (χ2v) is 5.95. The van der Waals surface area contributed by atoms with Gasteiger partial charge in [0.05, 0.1) is 27.9 Å². The maximum Gasteiger partial charge on any atom is 0.161 e. The van der Waals surface area contributed by atoms with Crippen molar-refractivity contribution in [2.75, 3.05) is 27.9 Å². The van der Waals surface area contributed by atoms with E-state index >= 15 is 0 Å². The van der Waals surface area contributed by atoms with Crippen molar-refractivity contribution in [2.24, 2.45) is 0 Å². The summed E-state index contributed by atoms with van der Waals surface area (Å²) in [4.78, 5) is 3.33. The van der Waals surface area contributed by atoms with Crippen molar-refractivity contribution in [3.63, 3.8) is 0 Å². The molecule has 25 heavy (non-hydrogen) atoms. The van der Waals surface area contributed by atoms with Gasteiger partial charge in [0.15, 0.2) is 11.5 Å². The summed E-state index contributed by atoms with van der Waals surface area (Å²) < 4.78 is 16.0. The highest BCUT2D eigenvalue weighted by Crippen LogP contribution is 2.27. The second kappa shape index (κ2) is 7.94. The van der Waals surface area contributed by atoms with Crippen molar-refractivity contribution in [2.45, 2.75) is 13.0 Å². The van der Waals surface area contributed by atoms with Gasteiger partial charge < -0.3 is 24.5 Å². The highest BCUT2D eigenvalue weighted by atomic mass is 16.5. The molecule has 0 saturated carbocycles. The van der Waals surface area contributed by atoms with Crippen LogP contribution in [0.3, 0.4) is 0 Å². The van der Waals surface area contributed by atoms with Gasteiger partial charge in [0.25, 0.3) is 0 Å². The van der Waals surface area contributed by atoms with Crippen molar-refractivity contribution < 1.29 is 19.5 Å². The second-order valence-electron chi connectivity index (χ2n) is 5.95. The normalized spacial score (nSPS) is 10.8. The van der Waals surface area contributed by atoms with Gasteiger partial charge in [-0.05, 0) is 42.0 Å². The van der Waals surface area contributed by atoms with Gasteiger partial charge in [-0.25, -0.2) is 0 Å². The summed E-state index contributed by atoms with van der Waals surface area (Å²) in [6.45, 7) is 1.92. The van der Waals surface area contributed by atoms with Gasteiger partial charge in [-0.15, -0.1) is 0 Å². The topological polar surface area (TPSA) is 60.1 Å². The number of benzene rings is 2. The Bertz CT molecular complexity index is 842. The maximum absolute atomic E-state index is 5.36. The zero-order chi connectivity index (χ0) is 17.6. The summed E-state index contributed by atoms with van der Waals surface area (Å²) in [5, 5.41) is 3.54. The van der Waals surface area contributed by atoms with Crippen LogP contribution in [-0.4, -0.2) is 32.9 Å². The number of fused-ring (bicyclic) bond motifs is 1. The number of H-pyrrole nitrogens is 1. The Kier molecular flexibility index (Phi) is 5.46. The number of ether oxygens (including phenoxy) is 3. The Morgan fingerprint density at radius 1 is 0.920 bits per heavy atom. The van der Waals surface area contributed by atoms with Gasteiger partial charge >= 0.3 is 0 Å². The molecule has 0 unspecified atom stereocenters. The molecule has 0 aliphatic carbocycles. The maximum atomic E-state index is 5.36. The average molecular weight is 341 g/mol. The van der Waals surface area contributed by atoms with Crippen LogP contribution in [0.4, 0.5) is 0 Å². The molecular weight excluding hydrogens is 316 g/mol. The first-order valence-electron chi connectivity index (χ1n) is 8.41. The van der Waals surface area contributed by atoms with Crippen LogP contribution in [0.1, 0.15) is 11.1 Å². The average Bonchev–Trinajstić information content (AvgIpc) is 3.07. The van der Waals surface area contributed by atoms with Gasteiger partial charge in [-0.3, -0.25) is 0 Å². The number of aromatic amines is 1. The Balaban J connectivity index is 1.58. The fourth-order valence-electron chi connectivity index (χ4n) is 3.03. The summed E-state index contributed by atoms with van der Waals surface area (Å²) >= 11 is 0. The first kappa shape index (κ1) is 17.2. The van der Waals surface area contributed by atoms with Crippen molar-refractivity contribution in [3.8, 4) is 17.2 Å². The molecule has 3 rings (SSSR count). The standard InChI is InChI=1S/C20H24N2O3/c1-23-16-5-6-18-17(11-16)15(13-22-18)8-9-21-12-14-4-7-19(24-2)20(10-14)25-3/h4-7,10-11,13,21-22H,8-9,12H2,1-3H3/p+1. The highest BCUT2D eigenvalue weighted by molar-refractivity contribution is 5.84. The van der Waals surface area contributed by atoms with Crippen LogP contribution in [0.2, 0.25) is 0 Å². The molecule has 5 heteroatoms. The molecule has 0 fully saturated rings. The molecular formula is C20H25N2O3+. The molecule has 2 aromatic carbocycles. The van der Waals surface area contributed by atoms with Crippen LogP contribution in [0.25, 0.3) is 10.9 Å². The molecule has 3 N–H and O–H groups in total. The van der Waals surface area contributed by atoms with E-state index in [2.05, 4.69) is 34.7 Å². The van der Waals surface area contributed by atoms with Crippen molar-refractivity contribution in [1.82, 2.24) is 4.98 Å². The van der Waals surface area contributed by atoms with Crippen molar-refractivity contribution >= 4 is 10.9 Å². The van der Waals surface area contributed by atoms with E-state index in [0.29, 0.717) is 0 Å². The minimum Gasteiger partial charge on any atom is -0.497 e. The number of quaternary nitrogens is 1. The number of hydrogen-bond donors (Lipinski definition) is 2. The van der Waals surface area contributed by atoms with E-state index in [0.717, 1.165) is 42.3 Å². The predicted molar refractivity (Wildman–Crippen MR) is 98.6 cm³/mol. The molecule has 5 nitrogen and oxygen atoms in total. The summed E-state index contributed by atoms with van der Waals surface area (Å²) in [5.74, 6) is 2.43. The Morgan fingerprint density at radius 2 is 1.76 bits per heavy atom. The molecule has 0 spiro atoms. The Labute approximate surface area is 147 Å². The van der Waals surface area contributed by atoms with Crippen LogP contribution in [0.15, 0.2) is 42.6 Å². The molecule has 0 aliphatic heterocycles. The van der Waals surface area contributed by atoms with Crippen LogP contribution in [0, 0.1) is 0 Å². The highest BCUT2D eigenvalue weighted by Gasteiger charge is 2.08. The van der Waals surface area contributed by atoms with E-state index in [4.69, 9.17) is 14.2 Å². The lowest BCUT2D eigenvalue weighted by Gasteiger charge is -2.09. The molecule has 0 radical (unpaired) electrons. The van der Waals surface area contributed by atoms with E-state index in [1.165, 1.54) is 16.5 Å². The largest absolute Gasteiger partial charge is 0.497 e. The molecule has 0 atom stereocenters. The predicted octanol–water partition coefficient (Wildman–Crippen LogP) is 2.50. The van der Waals surface area contributed by atoms with E-state index in [9.17, 15) is 0 Å². The molecule has 1 heterocycles. The number of rotatable bonds is 8. The lowest BCUT2D eigenvalue weighted by Crippen LogP contribution is -2.83. The molecule has 132 valence electrons. The lowest BCUT2D eigenvalue weighted by atomic mass is 10.1. The van der Waals surface area contributed by atoms with Crippen molar-refractivity contribution in [1.29, 1.82) is 0 Å². The van der Waals surface area contributed by atoms with E-state index in [1.54, 1.807) is 21.3 Å². The molecule has 0 amide bonds. The lowest BCUT2D eigenvalue weighted by molar-refractivity contribution is -0.670. The summed E-state index contributed by atoms with van der Waals surface area (Å²) in [7, 11) is 5.01. The van der Waals surface area contributed by atoms with Gasteiger partial charge in [0, 0.05) is 29.1 Å². The van der Waals surface area contributed by atoms with Gasteiger partial charge in [-0.1, -0.05) is 0 Å². The fraction of sp³-hybridized carbons (Fsp3) is 0.300. The summed E-state index contributed by atoms with van der Waals surface area (Å²) in [5.41, 5.74) is 3.69. The van der Waals surface area contributed by atoms with Crippen LogP contribution in [0.5, 0.6) is 17.2 Å². The van der Waals surface area contributed by atoms with Gasteiger partial charge in [0.2, 0.25) is 0 Å². The third-order valence-electron chi connectivity index (χ3n) is 4.42. The fourth-order valence-corrected chi connectivity index (χ4v) is 3.03. The van der Waals surface area contributed by atoms with E-state index < -0.39 is 0 Å². The SMILES string of the molecule is COc1ccc2[nH]cc(CC[NH2+]Cc3ccc(OC)c(OC)c3)c2c1. The smallest absolute Gasteiger partial charge is 0.161 e. The molecule has 0 saturated heterocycles. The minimum atomic E-state index is 0.763. The minimum absolute atomic E-state index is 0.763. The number of methoxy groups -OCH3 is 3. The molecule has 0 aliphatic rings. The van der Waals surface area contributed by atoms with Crippen LogP contribution >= 0.6 is 0 Å². The third-order valence-corrected chi connectivity index (χ3v) is 4.42. The first-order valence-corrected chi connectivity index (χ1v) is 8.41. The van der Waals surface area contributed by atoms with E-state index in [1.807, 2.05) is 18.2 Å². The Morgan fingerprint density at radius 3 is 2.52 bits per heavy atom. The quantitative estimate of drug-likeness (QED) is 0.619. The molecule has 1 aromatic heterocycles. The summed E-state index contributed by atoms with van der Waals surface area (Å²) in [6.07, 6.45) is 3.09. The summed E-state index contributed by atoms with van der Waals surface area (Å²) in [6, 6.07) is 12.2. The third kappa shape index (κ3) is 3.88. The monoisotopic (exact) mass is 341 g/mol. The zero-order valence-electron chi connectivity index (χ0n) is 15.0. The van der Waals surface area contributed by atoms with Gasteiger partial charge in [-0.2, -0.15) is 0 Å². The number of aromatic nitrogens is 1. The Hall–Kier alpha value is -2.66. The number of hydrogen-bond acceptors (Lipinski definition) is 3. The number of nitrogens with two attached hydrogens (primary N) is 1. The first-order chi connectivity index (χ1) is 12.2. The van der Waals surface area contributed by atoms with Crippen molar-refractivity contribution in [3.05, 3.63) is 53.7 Å².